The van der Waals surface area contributed by atoms with Crippen molar-refractivity contribution in [2.24, 2.45) is 0 Å². The number of rotatable bonds is 6. The first-order valence-corrected chi connectivity index (χ1v) is 16.2. The van der Waals surface area contributed by atoms with Crippen molar-refractivity contribution in [2.75, 3.05) is 30.8 Å². The summed E-state index contributed by atoms with van der Waals surface area (Å²) in [5, 5.41) is -0.242. The summed E-state index contributed by atoms with van der Waals surface area (Å²) in [5.74, 6) is -3.47. The van der Waals surface area contributed by atoms with Crippen molar-refractivity contribution >= 4 is 32.6 Å². The van der Waals surface area contributed by atoms with Crippen molar-refractivity contribution in [1.82, 2.24) is 19.4 Å². The average Bonchev–Trinajstić information content (AvgIpc) is 3.00. The van der Waals surface area contributed by atoms with Gasteiger partial charge in [-0.15, -0.1) is 0 Å². The predicted octanol–water partition coefficient (Wildman–Crippen LogP) is 4.97. The number of carbonyl (C=O) groups is 1. The third-order valence-electron chi connectivity index (χ3n) is 8.00. The minimum atomic E-state index is -5.13. The Kier molecular flexibility index (Phi) is 8.87. The number of hydrogen-bond donors (Lipinski definition) is 0. The Bertz CT molecular complexity index is 2200. The van der Waals surface area contributed by atoms with Crippen molar-refractivity contribution in [3.05, 3.63) is 99.8 Å². The van der Waals surface area contributed by atoms with E-state index in [1.807, 2.05) is 0 Å². The van der Waals surface area contributed by atoms with E-state index in [1.165, 1.54) is 34.9 Å². The number of aromatic nitrogens is 3. The fourth-order valence-electron chi connectivity index (χ4n) is 6.02. The van der Waals surface area contributed by atoms with Gasteiger partial charge >= 0.3 is 11.9 Å². The van der Waals surface area contributed by atoms with Crippen LogP contribution in [0, 0.1) is 25.1 Å². The highest BCUT2D eigenvalue weighted by molar-refractivity contribution is 7.90. The number of aryl methyl sites for hydroxylation is 1. The molecule has 1 fully saturated rings. The summed E-state index contributed by atoms with van der Waals surface area (Å²) >= 11 is 0. The Morgan fingerprint density at radius 1 is 1.12 bits per heavy atom. The molecule has 1 saturated heterocycles. The number of sulfone groups is 1. The first-order valence-electron chi connectivity index (χ1n) is 14.3. The van der Waals surface area contributed by atoms with Gasteiger partial charge in [-0.2, -0.15) is 18.2 Å². The van der Waals surface area contributed by atoms with Crippen LogP contribution in [-0.4, -0.2) is 71.7 Å². The van der Waals surface area contributed by atoms with Crippen LogP contribution < -0.4 is 10.6 Å². The molecule has 10 nitrogen and oxygen atoms in total. The standard InChI is InChI=1S/C32H27F5N6O4S/c1-6-25(44)41-15-18(3)42(19(16-41)14-38-4)30-20-13-23(34)27(26-21(32(35,36)37)10-8-11-22(26)33)39-29(20)43(31(45)40-30)28-17(2)9-7-12-24(28)48(5,46)47/h6-13,18-19H,1,14-16H2,2-3,5H3/t18-,19-/m0/s1. The lowest BCUT2D eigenvalue weighted by molar-refractivity contribution is -0.137. The number of pyridine rings is 1. The molecule has 2 aromatic heterocycles. The molecule has 48 heavy (non-hydrogen) atoms. The number of amides is 1. The molecule has 5 rings (SSSR count). The van der Waals surface area contributed by atoms with E-state index in [4.69, 9.17) is 6.57 Å². The van der Waals surface area contributed by atoms with Gasteiger partial charge in [-0.3, -0.25) is 4.79 Å². The highest BCUT2D eigenvalue weighted by atomic mass is 32.2. The smallest absolute Gasteiger partial charge is 0.339 e. The molecule has 0 saturated carbocycles. The normalized spacial score (nSPS) is 17.0. The lowest BCUT2D eigenvalue weighted by Crippen LogP contribution is -2.60. The van der Waals surface area contributed by atoms with Crippen LogP contribution in [0.4, 0.5) is 27.8 Å². The summed E-state index contributed by atoms with van der Waals surface area (Å²) in [7, 11) is -4.05. The molecule has 250 valence electrons. The lowest BCUT2D eigenvalue weighted by atomic mass is 10.0. The van der Waals surface area contributed by atoms with E-state index in [0.29, 0.717) is 12.1 Å². The Hall–Kier alpha value is -5.17. The van der Waals surface area contributed by atoms with E-state index in [9.17, 15) is 31.2 Å². The Morgan fingerprint density at radius 3 is 2.44 bits per heavy atom. The molecule has 2 aromatic carbocycles. The maximum atomic E-state index is 16.1. The number of alkyl halides is 3. The van der Waals surface area contributed by atoms with Crippen molar-refractivity contribution in [1.29, 1.82) is 0 Å². The van der Waals surface area contributed by atoms with Crippen molar-refractivity contribution in [3.8, 4) is 16.9 Å². The molecule has 2 atom stereocenters. The average molecular weight is 687 g/mol. The molecule has 3 heterocycles. The predicted molar refractivity (Wildman–Crippen MR) is 167 cm³/mol. The molecule has 4 aromatic rings. The van der Waals surface area contributed by atoms with Gasteiger partial charge < -0.3 is 14.6 Å². The molecule has 0 bridgehead atoms. The van der Waals surface area contributed by atoms with Crippen LogP contribution in [0.15, 0.2) is 64.8 Å². The molecule has 0 spiro atoms. The van der Waals surface area contributed by atoms with E-state index in [-0.39, 0.29) is 47.0 Å². The molecule has 0 radical (unpaired) electrons. The maximum Gasteiger partial charge on any atom is 0.417 e. The molecule has 1 aliphatic rings. The summed E-state index contributed by atoms with van der Waals surface area (Å²) in [4.78, 5) is 40.9. The zero-order valence-corrected chi connectivity index (χ0v) is 26.5. The number of carbonyl (C=O) groups excluding carboxylic acids is 1. The van der Waals surface area contributed by atoms with Gasteiger partial charge in [0.15, 0.2) is 21.3 Å². The Morgan fingerprint density at radius 2 is 1.81 bits per heavy atom. The van der Waals surface area contributed by atoms with Crippen LogP contribution in [-0.2, 0) is 20.8 Å². The molecular weight excluding hydrogens is 659 g/mol. The summed E-state index contributed by atoms with van der Waals surface area (Å²) < 4.78 is 100. The molecule has 1 amide bonds. The minimum Gasteiger partial charge on any atom is -0.339 e. The topological polar surface area (TPSA) is 110 Å². The number of anilines is 1. The van der Waals surface area contributed by atoms with Crippen LogP contribution in [0.3, 0.4) is 0 Å². The first-order chi connectivity index (χ1) is 22.5. The monoisotopic (exact) mass is 686 g/mol. The molecular formula is C32H27F5N6O4S. The number of nitrogens with zero attached hydrogens (tertiary/aromatic N) is 6. The fourth-order valence-corrected chi connectivity index (χ4v) is 6.95. The Balaban J connectivity index is 1.93. The largest absolute Gasteiger partial charge is 0.417 e. The van der Waals surface area contributed by atoms with Crippen molar-refractivity contribution in [3.63, 3.8) is 0 Å². The van der Waals surface area contributed by atoms with Gasteiger partial charge in [0.2, 0.25) is 12.5 Å². The number of fused-ring (bicyclic) bond motifs is 1. The van der Waals surface area contributed by atoms with Crippen LogP contribution in [0.2, 0.25) is 0 Å². The zero-order valence-electron chi connectivity index (χ0n) is 25.7. The third kappa shape index (κ3) is 6.01. The quantitative estimate of drug-likeness (QED) is 0.160. The molecule has 1 aliphatic heterocycles. The van der Waals surface area contributed by atoms with E-state index in [2.05, 4.69) is 21.4 Å². The summed E-state index contributed by atoms with van der Waals surface area (Å²) in [6.45, 7) is 14.0. The Labute approximate surface area is 271 Å². The molecule has 16 heteroatoms. The van der Waals surface area contributed by atoms with Gasteiger partial charge in [0.25, 0.3) is 0 Å². The highest BCUT2D eigenvalue weighted by Crippen LogP contribution is 2.41. The summed E-state index contributed by atoms with van der Waals surface area (Å²) in [5.41, 5.74) is -5.50. The lowest BCUT2D eigenvalue weighted by Gasteiger charge is -2.44. The van der Waals surface area contributed by atoms with Gasteiger partial charge in [0, 0.05) is 25.4 Å². The number of benzene rings is 2. The number of para-hydroxylation sites is 1. The number of piperazine rings is 1. The third-order valence-corrected chi connectivity index (χ3v) is 9.13. The van der Waals surface area contributed by atoms with Crippen LogP contribution in [0.1, 0.15) is 18.1 Å². The van der Waals surface area contributed by atoms with Crippen molar-refractivity contribution in [2.45, 2.75) is 37.0 Å². The zero-order chi connectivity index (χ0) is 35.3. The fraction of sp³-hybridized carbons (Fsp3) is 0.281. The van der Waals surface area contributed by atoms with Gasteiger partial charge in [-0.05, 0) is 49.8 Å². The maximum absolute atomic E-state index is 16.1. The van der Waals surface area contributed by atoms with E-state index in [0.717, 1.165) is 29.0 Å². The SMILES string of the molecule is [C-]#[N+]C[C@H]1CN(C(=O)C=C)C[C@H](C)N1c1nc(=O)n(-c2c(C)cccc2S(C)(=O)=O)c2nc(-c3c(F)cccc3C(F)(F)F)c(F)cc12. The minimum absolute atomic E-state index is 0.0159. The summed E-state index contributed by atoms with van der Waals surface area (Å²) in [6.07, 6.45) is -3.14. The highest BCUT2D eigenvalue weighted by Gasteiger charge is 2.40. The summed E-state index contributed by atoms with van der Waals surface area (Å²) in [6, 6.07) is 5.47. The van der Waals surface area contributed by atoms with Gasteiger partial charge in [0.05, 0.1) is 27.1 Å². The molecule has 0 aliphatic carbocycles. The van der Waals surface area contributed by atoms with Gasteiger partial charge in [-0.1, -0.05) is 24.8 Å². The van der Waals surface area contributed by atoms with E-state index < -0.39 is 73.8 Å². The molecule has 0 unspecified atom stereocenters. The second-order valence-corrected chi connectivity index (χ2v) is 13.3. The van der Waals surface area contributed by atoms with Gasteiger partial charge in [-0.25, -0.2) is 38.1 Å². The second kappa shape index (κ2) is 12.5. The van der Waals surface area contributed by atoms with E-state index >= 15 is 8.78 Å². The molecule has 0 N–H and O–H groups in total. The number of hydrogen-bond acceptors (Lipinski definition) is 7. The number of halogens is 5. The van der Waals surface area contributed by atoms with Gasteiger partial charge in [0.1, 0.15) is 23.4 Å². The first kappa shape index (κ1) is 34.2. The second-order valence-electron chi connectivity index (χ2n) is 11.3. The van der Waals surface area contributed by atoms with Crippen molar-refractivity contribution < 1.29 is 35.2 Å². The van der Waals surface area contributed by atoms with Crippen LogP contribution in [0.5, 0.6) is 0 Å². The van der Waals surface area contributed by atoms with E-state index in [1.54, 1.807) is 6.92 Å². The van der Waals surface area contributed by atoms with Crippen LogP contribution in [0.25, 0.3) is 32.8 Å². The van der Waals surface area contributed by atoms with Crippen LogP contribution >= 0.6 is 0 Å².